The van der Waals surface area contributed by atoms with Gasteiger partial charge in [-0.2, -0.15) is 0 Å². The lowest BCUT2D eigenvalue weighted by molar-refractivity contribution is -0.158. The van der Waals surface area contributed by atoms with Gasteiger partial charge in [0.05, 0.1) is 12.1 Å². The average Bonchev–Trinajstić information content (AvgIpc) is 1.84. The summed E-state index contributed by atoms with van der Waals surface area (Å²) in [5, 5.41) is 8.77. The van der Waals surface area contributed by atoms with E-state index in [1.165, 1.54) is 0 Å². The Morgan fingerprint density at radius 1 is 1.73 bits per heavy atom. The zero-order valence-corrected chi connectivity index (χ0v) is 6.64. The van der Waals surface area contributed by atoms with Crippen LogP contribution in [-0.4, -0.2) is 17.8 Å². The second-order valence-electron chi connectivity index (χ2n) is 3.54. The molecule has 1 rings (SSSR count). The largest absolute Gasteiger partial charge is 0.481 e. The van der Waals surface area contributed by atoms with E-state index < -0.39 is 18.1 Å². The van der Waals surface area contributed by atoms with Crippen molar-refractivity contribution in [1.29, 1.82) is 0 Å². The summed E-state index contributed by atoms with van der Waals surface area (Å²) in [6, 6.07) is 0. The van der Waals surface area contributed by atoms with Crippen LogP contribution in [-0.2, 0) is 4.79 Å². The van der Waals surface area contributed by atoms with Crippen LogP contribution in [0.5, 0.6) is 0 Å². The molecule has 0 amide bonds. The zero-order chi connectivity index (χ0) is 8.48. The molecular weight excluding hydrogens is 147 g/mol. The topological polar surface area (TPSA) is 37.3 Å². The third kappa shape index (κ3) is 1.37. The van der Waals surface area contributed by atoms with Gasteiger partial charge in [-0.05, 0) is 25.2 Å². The third-order valence-electron chi connectivity index (χ3n) is 2.51. The number of aliphatic carboxylic acids is 1. The van der Waals surface area contributed by atoms with Gasteiger partial charge in [-0.3, -0.25) is 9.18 Å². The fraction of sp³-hybridized carbons (Fsp3) is 0.875. The molecule has 3 heteroatoms. The molecule has 2 nitrogen and oxygen atoms in total. The molecule has 0 atom stereocenters. The first kappa shape index (κ1) is 8.50. The maximum Gasteiger partial charge on any atom is 0.309 e. The molecule has 0 aliphatic heterocycles. The van der Waals surface area contributed by atoms with E-state index in [2.05, 4.69) is 0 Å². The average molecular weight is 160 g/mol. The molecule has 0 heterocycles. The summed E-state index contributed by atoms with van der Waals surface area (Å²) in [6.07, 6.45) is 1.48. The minimum absolute atomic E-state index is 0.187. The molecule has 0 aromatic rings. The van der Waals surface area contributed by atoms with Crippen LogP contribution in [0.2, 0.25) is 0 Å². The number of halogens is 1. The van der Waals surface area contributed by atoms with Crippen molar-refractivity contribution in [1.82, 2.24) is 0 Å². The maximum absolute atomic E-state index is 11.9. The molecule has 1 saturated carbocycles. The van der Waals surface area contributed by atoms with Crippen LogP contribution in [0.15, 0.2) is 0 Å². The number of carbonyl (C=O) groups is 1. The Hall–Kier alpha value is -0.600. The lowest BCUT2D eigenvalue weighted by Gasteiger charge is -2.42. The Morgan fingerprint density at radius 3 is 2.55 bits per heavy atom. The first-order chi connectivity index (χ1) is 5.10. The van der Waals surface area contributed by atoms with Crippen molar-refractivity contribution < 1.29 is 14.3 Å². The smallest absolute Gasteiger partial charge is 0.309 e. The van der Waals surface area contributed by atoms with Crippen LogP contribution >= 0.6 is 0 Å². The highest BCUT2D eigenvalue weighted by molar-refractivity contribution is 5.75. The highest BCUT2D eigenvalue weighted by Crippen LogP contribution is 2.48. The van der Waals surface area contributed by atoms with Gasteiger partial charge in [-0.25, -0.2) is 0 Å². The Balaban J connectivity index is 2.53. The van der Waals surface area contributed by atoms with E-state index in [0.717, 1.165) is 0 Å². The summed E-state index contributed by atoms with van der Waals surface area (Å²) in [5.41, 5.74) is -0.714. The number of carboxylic acid groups (broad SMARTS) is 1. The van der Waals surface area contributed by atoms with E-state index in [1.54, 1.807) is 0 Å². The summed E-state index contributed by atoms with van der Waals surface area (Å²) in [7, 11) is 0. The molecular formula is C8H13FO2. The van der Waals surface area contributed by atoms with Crippen LogP contribution < -0.4 is 0 Å². The molecule has 0 radical (unpaired) electrons. The fourth-order valence-electron chi connectivity index (χ4n) is 1.94. The van der Waals surface area contributed by atoms with Gasteiger partial charge in [-0.1, -0.05) is 6.92 Å². The number of hydrogen-bond acceptors (Lipinski definition) is 1. The second kappa shape index (κ2) is 2.80. The van der Waals surface area contributed by atoms with Gasteiger partial charge >= 0.3 is 5.97 Å². The van der Waals surface area contributed by atoms with Crippen molar-refractivity contribution in [2.45, 2.75) is 26.2 Å². The van der Waals surface area contributed by atoms with Gasteiger partial charge in [0.25, 0.3) is 0 Å². The van der Waals surface area contributed by atoms with E-state index in [-0.39, 0.29) is 6.42 Å². The lowest BCUT2D eigenvalue weighted by atomic mass is 9.61. The van der Waals surface area contributed by atoms with Crippen molar-refractivity contribution in [3.8, 4) is 0 Å². The summed E-state index contributed by atoms with van der Waals surface area (Å²) < 4.78 is 11.9. The van der Waals surface area contributed by atoms with Crippen molar-refractivity contribution in [3.05, 3.63) is 0 Å². The van der Waals surface area contributed by atoms with Gasteiger partial charge in [0.1, 0.15) is 0 Å². The molecule has 1 fully saturated rings. The maximum atomic E-state index is 11.9. The van der Waals surface area contributed by atoms with Gasteiger partial charge in [-0.15, -0.1) is 0 Å². The minimum atomic E-state index is -0.826. The monoisotopic (exact) mass is 160 g/mol. The number of rotatable bonds is 3. The molecule has 1 N–H and O–H groups in total. The van der Waals surface area contributed by atoms with Gasteiger partial charge < -0.3 is 5.11 Å². The van der Waals surface area contributed by atoms with Crippen LogP contribution in [0.25, 0.3) is 0 Å². The SMILES string of the molecule is CC1CC(CCF)(C(=O)O)C1. The van der Waals surface area contributed by atoms with E-state index in [4.69, 9.17) is 5.11 Å². The van der Waals surface area contributed by atoms with Crippen molar-refractivity contribution in [3.63, 3.8) is 0 Å². The first-order valence-corrected chi connectivity index (χ1v) is 3.90. The molecule has 0 aromatic carbocycles. The van der Waals surface area contributed by atoms with Gasteiger partial charge in [0, 0.05) is 0 Å². The predicted molar refractivity (Wildman–Crippen MR) is 39.1 cm³/mol. The Bertz CT molecular complexity index is 156. The number of carboxylic acids is 1. The quantitative estimate of drug-likeness (QED) is 0.684. The van der Waals surface area contributed by atoms with Crippen molar-refractivity contribution in [2.24, 2.45) is 11.3 Å². The summed E-state index contributed by atoms with van der Waals surface area (Å²) >= 11 is 0. The highest BCUT2D eigenvalue weighted by atomic mass is 19.1. The highest BCUT2D eigenvalue weighted by Gasteiger charge is 2.47. The standard InChI is InChI=1S/C8H13FO2/c1-6-4-8(5-6,2-3-9)7(10)11/h6H,2-5H2,1H3,(H,10,11). The van der Waals surface area contributed by atoms with Crippen LogP contribution in [0, 0.1) is 11.3 Å². The third-order valence-corrected chi connectivity index (χ3v) is 2.51. The molecule has 11 heavy (non-hydrogen) atoms. The van der Waals surface area contributed by atoms with Crippen LogP contribution in [0.3, 0.4) is 0 Å². The summed E-state index contributed by atoms with van der Waals surface area (Å²) in [4.78, 5) is 10.7. The molecule has 0 saturated heterocycles. The Labute approximate surface area is 65.4 Å². The van der Waals surface area contributed by atoms with Crippen LogP contribution in [0.4, 0.5) is 4.39 Å². The van der Waals surface area contributed by atoms with Gasteiger partial charge in [0.15, 0.2) is 0 Å². The minimum Gasteiger partial charge on any atom is -0.481 e. The Kier molecular flexibility index (Phi) is 2.16. The van der Waals surface area contributed by atoms with E-state index in [9.17, 15) is 9.18 Å². The van der Waals surface area contributed by atoms with Crippen molar-refractivity contribution in [2.75, 3.05) is 6.67 Å². The molecule has 64 valence electrons. The van der Waals surface area contributed by atoms with E-state index in [1.807, 2.05) is 6.92 Å². The van der Waals surface area contributed by atoms with Gasteiger partial charge in [0.2, 0.25) is 0 Å². The predicted octanol–water partition coefficient (Wildman–Crippen LogP) is 1.85. The van der Waals surface area contributed by atoms with Crippen LogP contribution in [0.1, 0.15) is 26.2 Å². The normalized spacial score (nSPS) is 36.4. The lowest BCUT2D eigenvalue weighted by Crippen LogP contribution is -2.43. The molecule has 0 aromatic heterocycles. The molecule has 0 unspecified atom stereocenters. The number of hydrogen-bond donors (Lipinski definition) is 1. The van der Waals surface area contributed by atoms with E-state index in [0.29, 0.717) is 18.8 Å². The molecule has 0 spiro atoms. The molecule has 0 bridgehead atoms. The first-order valence-electron chi connectivity index (χ1n) is 3.90. The summed E-state index contributed by atoms with van der Waals surface area (Å²) in [5.74, 6) is -0.370. The second-order valence-corrected chi connectivity index (χ2v) is 3.54. The zero-order valence-electron chi connectivity index (χ0n) is 6.64. The number of alkyl halides is 1. The summed E-state index contributed by atoms with van der Waals surface area (Å²) in [6.45, 7) is 1.48. The van der Waals surface area contributed by atoms with Crippen molar-refractivity contribution >= 4 is 5.97 Å². The van der Waals surface area contributed by atoms with E-state index >= 15 is 0 Å². The fourth-order valence-corrected chi connectivity index (χ4v) is 1.94. The Morgan fingerprint density at radius 2 is 2.27 bits per heavy atom. The molecule has 1 aliphatic rings. The molecule has 1 aliphatic carbocycles.